The van der Waals surface area contributed by atoms with Crippen LogP contribution in [-0.4, -0.2) is 16.8 Å². The van der Waals surface area contributed by atoms with Gasteiger partial charge in [-0.3, -0.25) is 14.9 Å². The highest BCUT2D eigenvalue weighted by atomic mass is 35.5. The number of nitro benzene ring substituents is 1. The minimum Gasteiger partial charge on any atom is -0.444 e. The number of hydrogen-bond acceptors (Lipinski definition) is 5. The monoisotopic (exact) mass is 374 g/mol. The first-order valence-electron chi connectivity index (χ1n) is 7.55. The van der Waals surface area contributed by atoms with Gasteiger partial charge in [-0.05, 0) is 19.1 Å². The number of carbonyl (C=O) groups is 2. The van der Waals surface area contributed by atoms with Crippen LogP contribution in [0.2, 0.25) is 5.02 Å². The molecule has 0 saturated carbocycles. The zero-order chi connectivity index (χ0) is 19.1. The summed E-state index contributed by atoms with van der Waals surface area (Å²) >= 11 is 5.76. The van der Waals surface area contributed by atoms with Gasteiger partial charge in [-0.1, -0.05) is 48.0 Å². The van der Waals surface area contributed by atoms with Crippen molar-refractivity contribution in [3.8, 4) is 0 Å². The molecular weight excluding hydrogens is 360 g/mol. The number of allylic oxidation sites excluding steroid dienone is 1. The van der Waals surface area contributed by atoms with Gasteiger partial charge >= 0.3 is 5.97 Å². The van der Waals surface area contributed by atoms with Crippen LogP contribution in [0.1, 0.15) is 18.6 Å². The highest BCUT2D eigenvalue weighted by Crippen LogP contribution is 2.28. The Hall–Kier alpha value is -3.19. The molecule has 1 N–H and O–H groups in total. The second-order valence-electron chi connectivity index (χ2n) is 5.14. The van der Waals surface area contributed by atoms with E-state index < -0.39 is 22.9 Å². The van der Waals surface area contributed by atoms with Crippen LogP contribution >= 0.6 is 11.6 Å². The first-order chi connectivity index (χ1) is 12.4. The number of nitrogens with one attached hydrogen (secondary N) is 1. The van der Waals surface area contributed by atoms with E-state index >= 15 is 0 Å². The van der Waals surface area contributed by atoms with E-state index in [0.29, 0.717) is 5.56 Å². The molecular formula is C18H15ClN2O5. The van der Waals surface area contributed by atoms with E-state index in [0.717, 1.165) is 6.07 Å². The van der Waals surface area contributed by atoms with Crippen molar-refractivity contribution in [3.05, 3.63) is 81.4 Å². The number of nitro groups is 1. The molecule has 0 spiro atoms. The van der Waals surface area contributed by atoms with Crippen molar-refractivity contribution in [3.63, 3.8) is 0 Å². The third-order valence-electron chi connectivity index (χ3n) is 3.29. The van der Waals surface area contributed by atoms with E-state index in [-0.39, 0.29) is 16.4 Å². The van der Waals surface area contributed by atoms with Crippen LogP contribution in [0.25, 0.3) is 0 Å². The van der Waals surface area contributed by atoms with Gasteiger partial charge in [-0.25, -0.2) is 4.79 Å². The Morgan fingerprint density at radius 1 is 1.23 bits per heavy atom. The Morgan fingerprint density at radius 2 is 1.92 bits per heavy atom. The maximum Gasteiger partial charge on any atom is 0.331 e. The summed E-state index contributed by atoms with van der Waals surface area (Å²) in [4.78, 5) is 34.7. The quantitative estimate of drug-likeness (QED) is 0.356. The molecule has 0 aliphatic heterocycles. The van der Waals surface area contributed by atoms with Gasteiger partial charge in [0, 0.05) is 23.4 Å². The number of amides is 1. The van der Waals surface area contributed by atoms with E-state index in [1.807, 2.05) is 0 Å². The number of nitrogens with zero attached hydrogens (tertiary/aromatic N) is 1. The molecule has 1 amide bonds. The van der Waals surface area contributed by atoms with Crippen LogP contribution in [0, 0.1) is 10.1 Å². The molecule has 0 unspecified atom stereocenters. The minimum atomic E-state index is -1.21. The number of benzene rings is 2. The summed E-state index contributed by atoms with van der Waals surface area (Å²) in [6.07, 6.45) is 1.47. The molecule has 7 nitrogen and oxygen atoms in total. The third-order valence-corrected chi connectivity index (χ3v) is 3.61. The van der Waals surface area contributed by atoms with Crippen LogP contribution in [0.3, 0.4) is 0 Å². The third kappa shape index (κ3) is 4.90. The van der Waals surface area contributed by atoms with Crippen molar-refractivity contribution in [2.45, 2.75) is 13.0 Å². The van der Waals surface area contributed by atoms with Crippen molar-refractivity contribution in [2.24, 2.45) is 0 Å². The van der Waals surface area contributed by atoms with E-state index in [9.17, 15) is 19.7 Å². The van der Waals surface area contributed by atoms with E-state index in [4.69, 9.17) is 16.3 Å². The Bertz CT molecular complexity index is 852. The van der Waals surface area contributed by atoms with Crippen LogP contribution < -0.4 is 5.32 Å². The Labute approximate surface area is 154 Å². The summed E-state index contributed by atoms with van der Waals surface area (Å²) < 4.78 is 5.21. The predicted molar refractivity (Wildman–Crippen MR) is 96.8 cm³/mol. The highest BCUT2D eigenvalue weighted by molar-refractivity contribution is 6.32. The summed E-state index contributed by atoms with van der Waals surface area (Å²) in [5.41, 5.74) is 0.284. The molecule has 0 saturated heterocycles. The van der Waals surface area contributed by atoms with Gasteiger partial charge in [0.15, 0.2) is 0 Å². The van der Waals surface area contributed by atoms with Gasteiger partial charge in [0.25, 0.3) is 11.6 Å². The Kier molecular flexibility index (Phi) is 6.46. The molecule has 0 radical (unpaired) electrons. The predicted octanol–water partition coefficient (Wildman–Crippen LogP) is 4.05. The minimum absolute atomic E-state index is 0.0490. The van der Waals surface area contributed by atoms with Crippen molar-refractivity contribution in [1.82, 2.24) is 0 Å². The van der Waals surface area contributed by atoms with Gasteiger partial charge < -0.3 is 10.1 Å². The van der Waals surface area contributed by atoms with E-state index in [1.165, 1.54) is 24.3 Å². The molecule has 0 bridgehead atoms. The summed E-state index contributed by atoms with van der Waals surface area (Å²) in [5.74, 6) is -1.33. The number of hydrogen-bond donors (Lipinski definition) is 1. The molecule has 0 heterocycles. The summed E-state index contributed by atoms with van der Waals surface area (Å²) in [6.45, 7) is 1.64. The zero-order valence-corrected chi connectivity index (χ0v) is 14.5. The molecule has 2 aromatic carbocycles. The van der Waals surface area contributed by atoms with Gasteiger partial charge in [0.05, 0.1) is 4.92 Å². The SMILES string of the molecule is C/C=C/C(=O)O[C@H](C(=O)Nc1ccc(Cl)c([N+](=O)[O-])c1)c1ccccc1. The van der Waals surface area contributed by atoms with Crippen molar-refractivity contribution in [2.75, 3.05) is 5.32 Å². The number of esters is 1. The molecule has 2 rings (SSSR count). The molecule has 8 heteroatoms. The highest BCUT2D eigenvalue weighted by Gasteiger charge is 2.25. The first kappa shape index (κ1) is 19.1. The molecule has 0 aromatic heterocycles. The van der Waals surface area contributed by atoms with Crippen LogP contribution in [0.15, 0.2) is 60.7 Å². The average molecular weight is 375 g/mol. The smallest absolute Gasteiger partial charge is 0.331 e. The lowest BCUT2D eigenvalue weighted by molar-refractivity contribution is -0.384. The van der Waals surface area contributed by atoms with E-state index in [1.54, 1.807) is 37.3 Å². The second-order valence-corrected chi connectivity index (χ2v) is 5.55. The lowest BCUT2D eigenvalue weighted by atomic mass is 10.1. The van der Waals surface area contributed by atoms with E-state index in [2.05, 4.69) is 5.32 Å². The molecule has 26 heavy (non-hydrogen) atoms. The van der Waals surface area contributed by atoms with Crippen LogP contribution in [0.4, 0.5) is 11.4 Å². The number of anilines is 1. The maximum absolute atomic E-state index is 12.6. The molecule has 134 valence electrons. The maximum atomic E-state index is 12.6. The standard InChI is InChI=1S/C18H15ClN2O5/c1-2-6-16(22)26-17(12-7-4-3-5-8-12)18(23)20-13-9-10-14(19)15(11-13)21(24)25/h2-11,17H,1H3,(H,20,23)/b6-2+/t17-/m0/s1. The van der Waals surface area contributed by atoms with Crippen molar-refractivity contribution < 1.29 is 19.2 Å². The fraction of sp³-hybridized carbons (Fsp3) is 0.111. The van der Waals surface area contributed by atoms with Crippen molar-refractivity contribution in [1.29, 1.82) is 0 Å². The lowest BCUT2D eigenvalue weighted by Gasteiger charge is -2.17. The molecule has 1 atom stereocenters. The van der Waals surface area contributed by atoms with Gasteiger partial charge in [-0.2, -0.15) is 0 Å². The van der Waals surface area contributed by atoms with Gasteiger partial charge in [-0.15, -0.1) is 0 Å². The largest absolute Gasteiger partial charge is 0.444 e. The summed E-state index contributed by atoms with van der Waals surface area (Å²) in [7, 11) is 0. The number of rotatable bonds is 6. The topological polar surface area (TPSA) is 98.5 Å². The fourth-order valence-electron chi connectivity index (χ4n) is 2.13. The number of ether oxygens (including phenoxy) is 1. The number of carbonyl (C=O) groups excluding carboxylic acids is 2. The molecule has 0 aliphatic carbocycles. The Morgan fingerprint density at radius 3 is 2.54 bits per heavy atom. The summed E-state index contributed by atoms with van der Waals surface area (Å²) in [5, 5.41) is 13.4. The average Bonchev–Trinajstić information content (AvgIpc) is 2.62. The van der Waals surface area contributed by atoms with Crippen LogP contribution in [0.5, 0.6) is 0 Å². The summed E-state index contributed by atoms with van der Waals surface area (Å²) in [6, 6.07) is 12.3. The first-order valence-corrected chi connectivity index (χ1v) is 7.93. The second kappa shape index (κ2) is 8.77. The molecule has 2 aromatic rings. The van der Waals surface area contributed by atoms with Gasteiger partial charge in [0.1, 0.15) is 5.02 Å². The number of halogens is 1. The molecule has 0 aliphatic rings. The van der Waals surface area contributed by atoms with Gasteiger partial charge in [0.2, 0.25) is 6.10 Å². The molecule has 0 fully saturated rings. The normalized spacial score (nSPS) is 11.8. The Balaban J connectivity index is 2.28. The zero-order valence-electron chi connectivity index (χ0n) is 13.7. The lowest BCUT2D eigenvalue weighted by Crippen LogP contribution is -2.25. The fourth-order valence-corrected chi connectivity index (χ4v) is 2.32. The van der Waals surface area contributed by atoms with Crippen molar-refractivity contribution >= 4 is 34.9 Å². The van der Waals surface area contributed by atoms with Crippen LogP contribution in [-0.2, 0) is 14.3 Å².